The van der Waals surface area contributed by atoms with E-state index in [1.165, 1.54) is 12.1 Å². The first kappa shape index (κ1) is 17.9. The van der Waals surface area contributed by atoms with Gasteiger partial charge in [0.05, 0.1) is 21.7 Å². The Morgan fingerprint density at radius 3 is 2.29 bits per heavy atom. The number of aliphatic carboxylic acids is 1. The SMILES string of the molecule is CCCC(CNC(=O)Nc1c(Cl)cc(Cl)cc1Cl)C(=O)O. The predicted octanol–water partition coefficient (Wildman–Crippen LogP) is 4.27. The van der Waals surface area contributed by atoms with Crippen LogP contribution in [0.1, 0.15) is 19.8 Å². The highest BCUT2D eigenvalue weighted by Gasteiger charge is 2.18. The largest absolute Gasteiger partial charge is 0.481 e. The first-order valence-electron chi connectivity index (χ1n) is 6.27. The van der Waals surface area contributed by atoms with Crippen LogP contribution < -0.4 is 10.6 Å². The number of carbonyl (C=O) groups is 2. The van der Waals surface area contributed by atoms with Gasteiger partial charge >= 0.3 is 12.0 Å². The van der Waals surface area contributed by atoms with Crippen molar-refractivity contribution < 1.29 is 14.7 Å². The molecular formula is C13H15Cl3N2O3. The molecule has 0 spiro atoms. The number of nitrogens with one attached hydrogen (secondary N) is 2. The van der Waals surface area contributed by atoms with Gasteiger partial charge in [0, 0.05) is 11.6 Å². The van der Waals surface area contributed by atoms with Gasteiger partial charge in [-0.25, -0.2) is 4.79 Å². The Bertz CT molecular complexity index is 514. The van der Waals surface area contributed by atoms with E-state index in [0.717, 1.165) is 6.42 Å². The Hall–Kier alpha value is -1.17. The van der Waals surface area contributed by atoms with Crippen LogP contribution in [0.25, 0.3) is 0 Å². The van der Waals surface area contributed by atoms with Gasteiger partial charge < -0.3 is 15.7 Å². The Balaban J connectivity index is 2.64. The number of carboxylic acid groups (broad SMARTS) is 1. The molecule has 0 saturated carbocycles. The van der Waals surface area contributed by atoms with E-state index >= 15 is 0 Å². The number of carbonyl (C=O) groups excluding carboxylic acids is 1. The number of halogens is 3. The Kier molecular flexibility index (Phi) is 7.08. The first-order chi connectivity index (χ1) is 9.85. The minimum atomic E-state index is -0.945. The van der Waals surface area contributed by atoms with Crippen LogP contribution >= 0.6 is 34.8 Å². The van der Waals surface area contributed by atoms with Crippen LogP contribution in [0.3, 0.4) is 0 Å². The van der Waals surface area contributed by atoms with Crippen LogP contribution in [0.4, 0.5) is 10.5 Å². The molecule has 116 valence electrons. The van der Waals surface area contributed by atoms with Crippen molar-refractivity contribution >= 4 is 52.5 Å². The summed E-state index contributed by atoms with van der Waals surface area (Å²) in [4.78, 5) is 22.7. The van der Waals surface area contributed by atoms with Crippen molar-refractivity contribution in [1.29, 1.82) is 0 Å². The van der Waals surface area contributed by atoms with E-state index in [4.69, 9.17) is 39.9 Å². The summed E-state index contributed by atoms with van der Waals surface area (Å²) in [6.45, 7) is 1.90. The van der Waals surface area contributed by atoms with E-state index in [1.54, 1.807) is 0 Å². The van der Waals surface area contributed by atoms with Crippen molar-refractivity contribution in [3.05, 3.63) is 27.2 Å². The molecule has 3 N–H and O–H groups in total. The normalized spacial score (nSPS) is 11.8. The summed E-state index contributed by atoms with van der Waals surface area (Å²) in [5.41, 5.74) is 0.225. The fraction of sp³-hybridized carbons (Fsp3) is 0.385. The average molecular weight is 354 g/mol. The summed E-state index contributed by atoms with van der Waals surface area (Å²) >= 11 is 17.6. The molecule has 0 aliphatic heterocycles. The van der Waals surface area contributed by atoms with Gasteiger partial charge in [-0.05, 0) is 18.6 Å². The molecule has 2 amide bonds. The first-order valence-corrected chi connectivity index (χ1v) is 7.40. The van der Waals surface area contributed by atoms with Gasteiger partial charge in [0.2, 0.25) is 0 Å². The van der Waals surface area contributed by atoms with Crippen LogP contribution in [-0.4, -0.2) is 23.7 Å². The van der Waals surface area contributed by atoms with Crippen LogP contribution in [0.2, 0.25) is 15.1 Å². The summed E-state index contributed by atoms with van der Waals surface area (Å²) in [6, 6.07) is 2.31. The number of rotatable bonds is 6. The summed E-state index contributed by atoms with van der Waals surface area (Å²) in [7, 11) is 0. The number of hydrogen-bond donors (Lipinski definition) is 3. The zero-order chi connectivity index (χ0) is 16.0. The highest BCUT2D eigenvalue weighted by molar-refractivity contribution is 6.42. The number of urea groups is 1. The maximum absolute atomic E-state index is 11.8. The third-order valence-corrected chi connectivity index (χ3v) is 3.56. The van der Waals surface area contributed by atoms with Crippen LogP contribution in [0, 0.1) is 5.92 Å². The molecular weight excluding hydrogens is 339 g/mol. The molecule has 0 bridgehead atoms. The monoisotopic (exact) mass is 352 g/mol. The zero-order valence-electron chi connectivity index (χ0n) is 11.3. The van der Waals surface area contributed by atoms with E-state index < -0.39 is 17.9 Å². The fourth-order valence-electron chi connectivity index (χ4n) is 1.70. The molecule has 0 aliphatic carbocycles. The van der Waals surface area contributed by atoms with Crippen molar-refractivity contribution in [2.75, 3.05) is 11.9 Å². The van der Waals surface area contributed by atoms with Gasteiger partial charge in [-0.3, -0.25) is 4.79 Å². The molecule has 21 heavy (non-hydrogen) atoms. The zero-order valence-corrected chi connectivity index (χ0v) is 13.5. The molecule has 0 heterocycles. The van der Waals surface area contributed by atoms with Crippen LogP contribution in [0.5, 0.6) is 0 Å². The highest BCUT2D eigenvalue weighted by atomic mass is 35.5. The lowest BCUT2D eigenvalue weighted by molar-refractivity contribution is -0.141. The van der Waals surface area contributed by atoms with Gasteiger partial charge in [-0.15, -0.1) is 0 Å². The number of amides is 2. The summed E-state index contributed by atoms with van der Waals surface area (Å²) in [5.74, 6) is -1.57. The minimum Gasteiger partial charge on any atom is -0.481 e. The third kappa shape index (κ3) is 5.61. The molecule has 0 fully saturated rings. The van der Waals surface area contributed by atoms with Gasteiger partial charge in [0.15, 0.2) is 0 Å². The Morgan fingerprint density at radius 2 is 1.81 bits per heavy atom. The number of carboxylic acids is 1. The fourth-order valence-corrected chi connectivity index (χ4v) is 2.61. The average Bonchev–Trinajstić information content (AvgIpc) is 2.38. The summed E-state index contributed by atoms with van der Waals surface area (Å²) in [6.07, 6.45) is 1.20. The standard InChI is InChI=1S/C13H15Cl3N2O3/c1-2-3-7(12(19)20)6-17-13(21)18-11-9(15)4-8(14)5-10(11)16/h4-5,7H,2-3,6H2,1H3,(H,19,20)(H2,17,18,21). The lowest BCUT2D eigenvalue weighted by Gasteiger charge is -2.14. The lowest BCUT2D eigenvalue weighted by Crippen LogP contribution is -2.35. The smallest absolute Gasteiger partial charge is 0.319 e. The van der Waals surface area contributed by atoms with E-state index in [9.17, 15) is 9.59 Å². The number of benzene rings is 1. The molecule has 1 rings (SSSR count). The van der Waals surface area contributed by atoms with E-state index in [2.05, 4.69) is 10.6 Å². The second-order valence-corrected chi connectivity index (χ2v) is 5.65. The van der Waals surface area contributed by atoms with Crippen molar-refractivity contribution in [3.63, 3.8) is 0 Å². The number of hydrogen-bond acceptors (Lipinski definition) is 2. The molecule has 1 aromatic rings. The molecule has 0 radical (unpaired) electrons. The quantitative estimate of drug-likeness (QED) is 0.714. The van der Waals surface area contributed by atoms with Gasteiger partial charge in [-0.1, -0.05) is 48.1 Å². The third-order valence-electron chi connectivity index (χ3n) is 2.74. The highest BCUT2D eigenvalue weighted by Crippen LogP contribution is 2.33. The Labute approximate surface area is 137 Å². The topological polar surface area (TPSA) is 78.4 Å². The van der Waals surface area contributed by atoms with Gasteiger partial charge in [-0.2, -0.15) is 0 Å². The van der Waals surface area contributed by atoms with Crippen molar-refractivity contribution in [2.24, 2.45) is 5.92 Å². The van der Waals surface area contributed by atoms with Crippen LogP contribution in [0.15, 0.2) is 12.1 Å². The second-order valence-electron chi connectivity index (χ2n) is 4.40. The van der Waals surface area contributed by atoms with E-state index in [0.29, 0.717) is 11.4 Å². The van der Waals surface area contributed by atoms with Crippen molar-refractivity contribution in [2.45, 2.75) is 19.8 Å². The maximum Gasteiger partial charge on any atom is 0.319 e. The molecule has 1 aromatic carbocycles. The van der Waals surface area contributed by atoms with E-state index in [1.807, 2.05) is 6.92 Å². The molecule has 8 heteroatoms. The molecule has 0 saturated heterocycles. The minimum absolute atomic E-state index is 0.0256. The molecule has 0 aliphatic rings. The van der Waals surface area contributed by atoms with Gasteiger partial charge in [0.1, 0.15) is 0 Å². The second kappa shape index (κ2) is 8.32. The van der Waals surface area contributed by atoms with Crippen molar-refractivity contribution in [1.82, 2.24) is 5.32 Å². The molecule has 1 atom stereocenters. The maximum atomic E-state index is 11.8. The number of anilines is 1. The van der Waals surface area contributed by atoms with E-state index in [-0.39, 0.29) is 22.3 Å². The van der Waals surface area contributed by atoms with Crippen molar-refractivity contribution in [3.8, 4) is 0 Å². The van der Waals surface area contributed by atoms with Gasteiger partial charge in [0.25, 0.3) is 0 Å². The molecule has 0 aromatic heterocycles. The van der Waals surface area contributed by atoms with Crippen LogP contribution in [-0.2, 0) is 4.79 Å². The summed E-state index contributed by atoms with van der Waals surface area (Å²) in [5, 5.41) is 14.7. The Morgan fingerprint density at radius 1 is 1.24 bits per heavy atom. The molecule has 5 nitrogen and oxygen atoms in total. The summed E-state index contributed by atoms with van der Waals surface area (Å²) < 4.78 is 0. The predicted molar refractivity (Wildman–Crippen MR) is 84.5 cm³/mol. The molecule has 1 unspecified atom stereocenters. The lowest BCUT2D eigenvalue weighted by atomic mass is 10.0.